The maximum absolute atomic E-state index is 5.91. The Balaban J connectivity index is 2.05. The lowest BCUT2D eigenvalue weighted by molar-refractivity contribution is 0.454. The van der Waals surface area contributed by atoms with Crippen molar-refractivity contribution in [1.29, 1.82) is 0 Å². The minimum absolute atomic E-state index is 0.393. The molecule has 0 saturated carbocycles. The van der Waals surface area contributed by atoms with Gasteiger partial charge >= 0.3 is 0 Å². The summed E-state index contributed by atoms with van der Waals surface area (Å²) in [6, 6.07) is 3.55. The summed E-state index contributed by atoms with van der Waals surface area (Å²) in [5, 5.41) is 1.42. The van der Waals surface area contributed by atoms with Gasteiger partial charge < -0.3 is 4.42 Å². The summed E-state index contributed by atoms with van der Waals surface area (Å²) >= 11 is 13.0. The van der Waals surface area contributed by atoms with E-state index in [4.69, 9.17) is 27.6 Å². The number of hydrogen-bond acceptors (Lipinski definition) is 4. The van der Waals surface area contributed by atoms with Crippen molar-refractivity contribution in [3.63, 3.8) is 0 Å². The highest BCUT2D eigenvalue weighted by Gasteiger charge is 2.05. The van der Waals surface area contributed by atoms with Gasteiger partial charge in [-0.05, 0) is 6.07 Å². The number of pyridine rings is 1. The monoisotopic (exact) mass is 260 g/mol. The molecule has 0 aromatic carbocycles. The minimum Gasteiger partial charge on any atom is -0.440 e. The summed E-state index contributed by atoms with van der Waals surface area (Å²) in [5.41, 5.74) is 0.907. The van der Waals surface area contributed by atoms with Crippen LogP contribution < -0.4 is 0 Å². The molecule has 3 nitrogen and oxygen atoms in total. The zero-order chi connectivity index (χ0) is 10.7. The van der Waals surface area contributed by atoms with E-state index in [2.05, 4.69) is 9.97 Å². The van der Waals surface area contributed by atoms with Gasteiger partial charge in [-0.2, -0.15) is 0 Å². The van der Waals surface area contributed by atoms with E-state index in [-0.39, 0.29) is 0 Å². The lowest BCUT2D eigenvalue weighted by Crippen LogP contribution is -1.86. The largest absolute Gasteiger partial charge is 0.440 e. The second-order valence-corrected chi connectivity index (χ2v) is 4.34. The molecule has 0 aliphatic heterocycles. The van der Waals surface area contributed by atoms with E-state index in [1.807, 2.05) is 6.07 Å². The van der Waals surface area contributed by atoms with Gasteiger partial charge in [0.2, 0.25) is 0 Å². The number of nitrogens with zero attached hydrogens (tertiary/aromatic N) is 2. The quantitative estimate of drug-likeness (QED) is 0.624. The predicted molar refractivity (Wildman–Crippen MR) is 60.3 cm³/mol. The van der Waals surface area contributed by atoms with Crippen molar-refractivity contribution < 1.29 is 4.42 Å². The van der Waals surface area contributed by atoms with Gasteiger partial charge in [-0.3, -0.25) is 0 Å². The molecule has 0 N–H and O–H groups in total. The standard InChI is InChI=1S/C9H6Cl2N2OS/c10-7-2-1-6(8(11)13-7)5-15-9-12-3-4-14-9/h1-4H,5H2. The van der Waals surface area contributed by atoms with E-state index in [1.54, 1.807) is 12.3 Å². The first-order valence-electron chi connectivity index (χ1n) is 4.09. The van der Waals surface area contributed by atoms with Gasteiger partial charge in [0.15, 0.2) is 0 Å². The third-order valence-corrected chi connectivity index (χ3v) is 3.09. The van der Waals surface area contributed by atoms with Crippen LogP contribution in [0.1, 0.15) is 5.56 Å². The summed E-state index contributed by atoms with van der Waals surface area (Å²) in [6.45, 7) is 0. The Morgan fingerprint density at radius 1 is 1.33 bits per heavy atom. The van der Waals surface area contributed by atoms with Crippen molar-refractivity contribution in [2.45, 2.75) is 11.0 Å². The van der Waals surface area contributed by atoms with E-state index < -0.39 is 0 Å². The van der Waals surface area contributed by atoms with Crippen LogP contribution in [-0.2, 0) is 5.75 Å². The van der Waals surface area contributed by atoms with E-state index in [1.165, 1.54) is 18.0 Å². The molecule has 0 aliphatic carbocycles. The number of oxazole rings is 1. The normalized spacial score (nSPS) is 10.5. The molecular formula is C9H6Cl2N2OS. The molecule has 0 fully saturated rings. The highest BCUT2D eigenvalue weighted by molar-refractivity contribution is 7.98. The first-order valence-corrected chi connectivity index (χ1v) is 5.83. The van der Waals surface area contributed by atoms with Crippen LogP contribution >= 0.6 is 35.0 Å². The summed E-state index contributed by atoms with van der Waals surface area (Å²) < 4.78 is 5.08. The Morgan fingerprint density at radius 3 is 2.87 bits per heavy atom. The molecule has 0 unspecified atom stereocenters. The van der Waals surface area contributed by atoms with Crippen molar-refractivity contribution in [2.75, 3.05) is 0 Å². The van der Waals surface area contributed by atoms with E-state index >= 15 is 0 Å². The maximum atomic E-state index is 5.91. The highest BCUT2D eigenvalue weighted by atomic mass is 35.5. The third kappa shape index (κ3) is 2.87. The average molecular weight is 261 g/mol. The average Bonchev–Trinajstić information content (AvgIpc) is 2.69. The zero-order valence-electron chi connectivity index (χ0n) is 7.48. The van der Waals surface area contributed by atoms with E-state index in [9.17, 15) is 0 Å². The van der Waals surface area contributed by atoms with Crippen molar-refractivity contribution in [3.05, 3.63) is 40.5 Å². The number of aromatic nitrogens is 2. The van der Waals surface area contributed by atoms with Gasteiger partial charge in [-0.1, -0.05) is 41.0 Å². The van der Waals surface area contributed by atoms with Crippen molar-refractivity contribution in [2.24, 2.45) is 0 Å². The van der Waals surface area contributed by atoms with Crippen LogP contribution in [0.4, 0.5) is 0 Å². The molecular weight excluding hydrogens is 255 g/mol. The number of hydrogen-bond donors (Lipinski definition) is 0. The van der Waals surface area contributed by atoms with E-state index in [0.29, 0.717) is 21.3 Å². The van der Waals surface area contributed by atoms with Crippen LogP contribution in [0, 0.1) is 0 Å². The van der Waals surface area contributed by atoms with Gasteiger partial charge in [0, 0.05) is 11.3 Å². The highest BCUT2D eigenvalue weighted by Crippen LogP contribution is 2.25. The number of thioether (sulfide) groups is 1. The lowest BCUT2D eigenvalue weighted by Gasteiger charge is -2.01. The van der Waals surface area contributed by atoms with Gasteiger partial charge in [0.1, 0.15) is 16.6 Å². The van der Waals surface area contributed by atoms with Gasteiger partial charge in [0.25, 0.3) is 5.22 Å². The Hall–Kier alpha value is -0.710. The topological polar surface area (TPSA) is 38.9 Å². The Bertz CT molecular complexity index is 447. The molecule has 0 radical (unpaired) electrons. The van der Waals surface area contributed by atoms with Crippen LogP contribution in [0.2, 0.25) is 10.3 Å². The van der Waals surface area contributed by atoms with Crippen molar-refractivity contribution in [3.8, 4) is 0 Å². The predicted octanol–water partition coefficient (Wildman–Crippen LogP) is 3.67. The lowest BCUT2D eigenvalue weighted by atomic mass is 10.3. The molecule has 15 heavy (non-hydrogen) atoms. The Kier molecular flexibility index (Phi) is 3.51. The maximum Gasteiger partial charge on any atom is 0.255 e. The second-order valence-electron chi connectivity index (χ2n) is 2.67. The summed E-state index contributed by atoms with van der Waals surface area (Å²) in [7, 11) is 0. The fraction of sp³-hybridized carbons (Fsp3) is 0.111. The molecule has 0 atom stereocenters. The van der Waals surface area contributed by atoms with Crippen molar-refractivity contribution >= 4 is 35.0 Å². The van der Waals surface area contributed by atoms with Gasteiger partial charge in [-0.25, -0.2) is 9.97 Å². The van der Waals surface area contributed by atoms with Gasteiger partial charge in [0.05, 0.1) is 6.20 Å². The molecule has 6 heteroatoms. The molecule has 0 amide bonds. The molecule has 0 spiro atoms. The van der Waals surface area contributed by atoms with Crippen molar-refractivity contribution in [1.82, 2.24) is 9.97 Å². The Morgan fingerprint density at radius 2 is 2.20 bits per heavy atom. The molecule has 78 valence electrons. The first-order chi connectivity index (χ1) is 7.25. The molecule has 0 aliphatic rings. The molecule has 2 rings (SSSR count). The number of halogens is 2. The van der Waals surface area contributed by atoms with Gasteiger partial charge in [-0.15, -0.1) is 0 Å². The van der Waals surface area contributed by atoms with Crippen LogP contribution in [0.15, 0.2) is 34.2 Å². The van der Waals surface area contributed by atoms with Crippen LogP contribution in [0.5, 0.6) is 0 Å². The van der Waals surface area contributed by atoms with Crippen LogP contribution in [0.3, 0.4) is 0 Å². The number of rotatable bonds is 3. The van der Waals surface area contributed by atoms with Crippen LogP contribution in [-0.4, -0.2) is 9.97 Å². The fourth-order valence-corrected chi connectivity index (χ4v) is 2.23. The summed E-state index contributed by atoms with van der Waals surface area (Å²) in [5.74, 6) is 0.656. The van der Waals surface area contributed by atoms with E-state index in [0.717, 1.165) is 5.56 Å². The Labute approximate surface area is 101 Å². The summed E-state index contributed by atoms with van der Waals surface area (Å²) in [4.78, 5) is 7.93. The molecule has 0 saturated heterocycles. The SMILES string of the molecule is Clc1ccc(CSc2ncco2)c(Cl)n1. The molecule has 2 heterocycles. The minimum atomic E-state index is 0.393. The zero-order valence-corrected chi connectivity index (χ0v) is 9.81. The second kappa shape index (κ2) is 4.88. The summed E-state index contributed by atoms with van der Waals surface area (Å²) in [6.07, 6.45) is 3.13. The molecule has 2 aromatic rings. The first kappa shape index (κ1) is 10.8. The smallest absolute Gasteiger partial charge is 0.255 e. The molecule has 2 aromatic heterocycles. The third-order valence-electron chi connectivity index (χ3n) is 1.65. The van der Waals surface area contributed by atoms with Crippen LogP contribution in [0.25, 0.3) is 0 Å². The molecule has 0 bridgehead atoms. The fourth-order valence-electron chi connectivity index (χ4n) is 0.970.